The molecule has 3 aromatic heterocycles. The van der Waals surface area contributed by atoms with Crippen molar-refractivity contribution >= 4 is 34.0 Å². The van der Waals surface area contributed by atoms with Crippen molar-refractivity contribution in [1.29, 1.82) is 0 Å². The maximum Gasteiger partial charge on any atom is 0.257 e. The lowest BCUT2D eigenvalue weighted by Gasteiger charge is -2.07. The Labute approximate surface area is 183 Å². The van der Waals surface area contributed by atoms with Gasteiger partial charge in [-0.2, -0.15) is 5.10 Å². The van der Waals surface area contributed by atoms with Gasteiger partial charge in [0.2, 0.25) is 0 Å². The highest BCUT2D eigenvalue weighted by molar-refractivity contribution is 7.09. The number of aromatic nitrogens is 4. The summed E-state index contributed by atoms with van der Waals surface area (Å²) < 4.78 is 1.84. The van der Waals surface area contributed by atoms with E-state index in [-0.39, 0.29) is 5.91 Å². The molecule has 0 fully saturated rings. The molecular formula is C24H19N5OS. The zero-order valence-corrected chi connectivity index (χ0v) is 17.6. The Morgan fingerprint density at radius 1 is 1.06 bits per heavy atom. The molecule has 7 heteroatoms. The van der Waals surface area contributed by atoms with E-state index in [9.17, 15) is 4.79 Å². The molecule has 0 saturated heterocycles. The molecule has 1 amide bonds. The molecule has 6 nitrogen and oxygen atoms in total. The van der Waals surface area contributed by atoms with Crippen LogP contribution in [0, 0.1) is 6.92 Å². The van der Waals surface area contributed by atoms with Crippen LogP contribution in [0.25, 0.3) is 22.3 Å². The smallest absolute Gasteiger partial charge is 0.257 e. The highest BCUT2D eigenvalue weighted by Crippen LogP contribution is 2.24. The summed E-state index contributed by atoms with van der Waals surface area (Å²) in [5.74, 6) is -0.211. The van der Waals surface area contributed by atoms with Gasteiger partial charge in [0.05, 0.1) is 29.0 Å². The Morgan fingerprint density at radius 2 is 1.94 bits per heavy atom. The van der Waals surface area contributed by atoms with Crippen LogP contribution in [0.3, 0.4) is 0 Å². The average Bonchev–Trinajstić information content (AvgIpc) is 3.41. The normalized spacial score (nSPS) is 11.0. The first-order valence-electron chi connectivity index (χ1n) is 9.85. The molecule has 0 saturated carbocycles. The highest BCUT2D eigenvalue weighted by atomic mass is 32.1. The molecule has 0 aliphatic heterocycles. The van der Waals surface area contributed by atoms with Gasteiger partial charge >= 0.3 is 0 Å². The van der Waals surface area contributed by atoms with E-state index in [1.807, 2.05) is 65.5 Å². The fourth-order valence-electron chi connectivity index (χ4n) is 3.42. The van der Waals surface area contributed by atoms with E-state index in [1.165, 1.54) is 0 Å². The Morgan fingerprint density at radius 3 is 2.74 bits per heavy atom. The summed E-state index contributed by atoms with van der Waals surface area (Å²) in [6.07, 6.45) is 3.34. The van der Waals surface area contributed by atoms with Crippen LogP contribution in [-0.2, 0) is 6.54 Å². The minimum atomic E-state index is -0.211. The van der Waals surface area contributed by atoms with Crippen molar-refractivity contribution in [3.8, 4) is 11.3 Å². The molecule has 3 heterocycles. The van der Waals surface area contributed by atoms with Gasteiger partial charge in [-0.25, -0.2) is 14.6 Å². The van der Waals surface area contributed by atoms with Crippen LogP contribution >= 0.6 is 11.3 Å². The molecule has 0 aliphatic rings. The molecule has 0 aliphatic carbocycles. The van der Waals surface area contributed by atoms with Crippen molar-refractivity contribution in [3.05, 3.63) is 94.6 Å². The minimum Gasteiger partial charge on any atom is -0.322 e. The summed E-state index contributed by atoms with van der Waals surface area (Å²) in [7, 11) is 0. The number of hydrogen-bond acceptors (Lipinski definition) is 5. The van der Waals surface area contributed by atoms with Crippen LogP contribution in [0.1, 0.15) is 20.9 Å². The third-order valence-electron chi connectivity index (χ3n) is 4.95. The Kier molecular flexibility index (Phi) is 5.01. The minimum absolute atomic E-state index is 0.211. The van der Waals surface area contributed by atoms with Gasteiger partial charge in [0.25, 0.3) is 5.91 Å². The average molecular weight is 426 g/mol. The lowest BCUT2D eigenvalue weighted by molar-refractivity contribution is 0.102. The number of aryl methyl sites for hydroxylation is 1. The summed E-state index contributed by atoms with van der Waals surface area (Å²) in [4.78, 5) is 21.8. The maximum absolute atomic E-state index is 12.8. The largest absolute Gasteiger partial charge is 0.322 e. The zero-order chi connectivity index (χ0) is 21.2. The monoisotopic (exact) mass is 425 g/mol. The van der Waals surface area contributed by atoms with Crippen LogP contribution in [0.4, 0.5) is 5.69 Å². The van der Waals surface area contributed by atoms with E-state index in [0.29, 0.717) is 17.8 Å². The number of thiazole rings is 1. The van der Waals surface area contributed by atoms with E-state index >= 15 is 0 Å². The molecule has 0 unspecified atom stereocenters. The predicted molar refractivity (Wildman–Crippen MR) is 123 cm³/mol. The number of nitrogens with zero attached hydrogens (tertiary/aromatic N) is 4. The molecule has 0 bridgehead atoms. The van der Waals surface area contributed by atoms with Crippen molar-refractivity contribution in [1.82, 2.24) is 19.7 Å². The number of amides is 1. The van der Waals surface area contributed by atoms with Crippen LogP contribution in [-0.4, -0.2) is 25.7 Å². The number of benzene rings is 2. The second kappa shape index (κ2) is 8.12. The standard InChI is InChI=1S/C24H19N5OS/c1-16-27-22(15-31-16)18-8-5-9-21(11-18)28-24(30)20-10-19-13-26-29(23(19)25-12-20)14-17-6-3-2-4-7-17/h2-13,15H,14H2,1H3,(H,28,30). The molecule has 5 aromatic rings. The fourth-order valence-corrected chi connectivity index (χ4v) is 4.05. The Balaban J connectivity index is 1.36. The summed E-state index contributed by atoms with van der Waals surface area (Å²) in [5.41, 5.74) is 4.98. The predicted octanol–water partition coefficient (Wildman–Crippen LogP) is 5.16. The summed E-state index contributed by atoms with van der Waals surface area (Å²) in [5, 5.41) is 11.2. The van der Waals surface area contributed by atoms with Gasteiger partial charge in [0.1, 0.15) is 0 Å². The van der Waals surface area contributed by atoms with E-state index in [4.69, 9.17) is 0 Å². The second-order valence-corrected chi connectivity index (χ2v) is 8.27. The third kappa shape index (κ3) is 4.08. The fraction of sp³-hybridized carbons (Fsp3) is 0.0833. The van der Waals surface area contributed by atoms with Gasteiger partial charge in [-0.1, -0.05) is 42.5 Å². The molecule has 5 rings (SSSR count). The van der Waals surface area contributed by atoms with Crippen molar-refractivity contribution in [2.75, 3.05) is 5.32 Å². The number of hydrogen-bond donors (Lipinski definition) is 1. The van der Waals surface area contributed by atoms with Crippen molar-refractivity contribution in [2.45, 2.75) is 13.5 Å². The van der Waals surface area contributed by atoms with Crippen molar-refractivity contribution < 1.29 is 4.79 Å². The van der Waals surface area contributed by atoms with Crippen molar-refractivity contribution in [2.24, 2.45) is 0 Å². The van der Waals surface area contributed by atoms with Gasteiger partial charge in [-0.3, -0.25) is 4.79 Å². The quantitative estimate of drug-likeness (QED) is 0.422. The topological polar surface area (TPSA) is 72.7 Å². The Hall–Kier alpha value is -3.84. The summed E-state index contributed by atoms with van der Waals surface area (Å²) >= 11 is 1.60. The number of carbonyl (C=O) groups is 1. The van der Waals surface area contributed by atoms with Crippen LogP contribution in [0.2, 0.25) is 0 Å². The molecule has 0 radical (unpaired) electrons. The number of anilines is 1. The molecule has 1 N–H and O–H groups in total. The van der Waals surface area contributed by atoms with E-state index in [0.717, 1.165) is 32.9 Å². The highest BCUT2D eigenvalue weighted by Gasteiger charge is 2.12. The van der Waals surface area contributed by atoms with Crippen LogP contribution in [0.15, 0.2) is 78.4 Å². The van der Waals surface area contributed by atoms with E-state index in [2.05, 4.69) is 32.5 Å². The van der Waals surface area contributed by atoms with Gasteiger partial charge in [0, 0.05) is 28.2 Å². The van der Waals surface area contributed by atoms with Crippen molar-refractivity contribution in [3.63, 3.8) is 0 Å². The first-order valence-corrected chi connectivity index (χ1v) is 10.7. The summed E-state index contributed by atoms with van der Waals surface area (Å²) in [6, 6.07) is 19.6. The SMILES string of the molecule is Cc1nc(-c2cccc(NC(=O)c3cnc4c(cnn4Cc4ccccc4)c3)c2)cs1. The number of nitrogens with one attached hydrogen (secondary N) is 1. The van der Waals surface area contributed by atoms with Gasteiger partial charge in [-0.05, 0) is 30.7 Å². The van der Waals surface area contributed by atoms with Crippen LogP contribution in [0.5, 0.6) is 0 Å². The van der Waals surface area contributed by atoms with E-state index in [1.54, 1.807) is 23.7 Å². The van der Waals surface area contributed by atoms with Gasteiger partial charge in [0.15, 0.2) is 5.65 Å². The molecular weight excluding hydrogens is 406 g/mol. The Bertz CT molecular complexity index is 1370. The number of rotatable bonds is 5. The van der Waals surface area contributed by atoms with Crippen LogP contribution < -0.4 is 5.32 Å². The second-order valence-electron chi connectivity index (χ2n) is 7.21. The first-order chi connectivity index (χ1) is 15.2. The number of pyridine rings is 1. The molecule has 0 spiro atoms. The molecule has 0 atom stereocenters. The molecule has 31 heavy (non-hydrogen) atoms. The van der Waals surface area contributed by atoms with Gasteiger partial charge in [-0.15, -0.1) is 11.3 Å². The third-order valence-corrected chi connectivity index (χ3v) is 5.72. The zero-order valence-electron chi connectivity index (χ0n) is 16.8. The number of carbonyl (C=O) groups excluding carboxylic acids is 1. The van der Waals surface area contributed by atoms with E-state index < -0.39 is 0 Å². The lowest BCUT2D eigenvalue weighted by atomic mass is 10.1. The first kappa shape index (κ1) is 19.1. The number of fused-ring (bicyclic) bond motifs is 1. The van der Waals surface area contributed by atoms with Gasteiger partial charge < -0.3 is 5.32 Å². The molecule has 152 valence electrons. The maximum atomic E-state index is 12.8. The lowest BCUT2D eigenvalue weighted by Crippen LogP contribution is -2.12. The summed E-state index contributed by atoms with van der Waals surface area (Å²) in [6.45, 7) is 2.61. The molecule has 2 aromatic carbocycles.